The lowest BCUT2D eigenvalue weighted by molar-refractivity contribution is -0.142. The summed E-state index contributed by atoms with van der Waals surface area (Å²) in [4.78, 5) is 21.0. The second kappa shape index (κ2) is 6.54. The van der Waals surface area contributed by atoms with E-state index >= 15 is 0 Å². The Morgan fingerprint density at radius 3 is 2.31 bits per heavy atom. The second-order valence-corrected chi connectivity index (χ2v) is 4.56. The number of carbonyl (C=O) groups excluding carboxylic acids is 1. The SMILES string of the molecule is CCCCC(C(=O)O)C(Br)C(=O)Br. The van der Waals surface area contributed by atoms with Crippen molar-refractivity contribution in [3.63, 3.8) is 0 Å². The van der Waals surface area contributed by atoms with Gasteiger partial charge in [0.2, 0.25) is 4.69 Å². The molecule has 0 amide bonds. The van der Waals surface area contributed by atoms with E-state index in [0.29, 0.717) is 6.42 Å². The summed E-state index contributed by atoms with van der Waals surface area (Å²) in [5.74, 6) is -1.56. The summed E-state index contributed by atoms with van der Waals surface area (Å²) in [5.41, 5.74) is 0. The Balaban J connectivity index is 4.24. The van der Waals surface area contributed by atoms with Gasteiger partial charge in [0.05, 0.1) is 10.7 Å². The van der Waals surface area contributed by atoms with Crippen LogP contribution in [0.2, 0.25) is 0 Å². The zero-order valence-electron chi connectivity index (χ0n) is 7.30. The molecule has 0 heterocycles. The monoisotopic (exact) mass is 314 g/mol. The highest BCUT2D eigenvalue weighted by Crippen LogP contribution is 2.22. The summed E-state index contributed by atoms with van der Waals surface area (Å²) in [6.45, 7) is 1.98. The van der Waals surface area contributed by atoms with Crippen molar-refractivity contribution in [3.05, 3.63) is 0 Å². The van der Waals surface area contributed by atoms with Gasteiger partial charge < -0.3 is 5.11 Å². The van der Waals surface area contributed by atoms with Crippen molar-refractivity contribution in [3.8, 4) is 0 Å². The molecule has 0 fully saturated rings. The molecule has 0 rings (SSSR count). The Morgan fingerprint density at radius 1 is 1.46 bits per heavy atom. The van der Waals surface area contributed by atoms with Crippen LogP contribution in [0.4, 0.5) is 0 Å². The Labute approximate surface area is 94.1 Å². The lowest BCUT2D eigenvalue weighted by Crippen LogP contribution is -2.27. The predicted octanol–water partition coefficient (Wildman–Crippen LogP) is 2.56. The average molecular weight is 316 g/mol. The van der Waals surface area contributed by atoms with Gasteiger partial charge in [-0.3, -0.25) is 9.59 Å². The average Bonchev–Trinajstić information content (AvgIpc) is 2.04. The topological polar surface area (TPSA) is 54.4 Å². The van der Waals surface area contributed by atoms with E-state index in [-0.39, 0.29) is 4.69 Å². The molecule has 0 bridgehead atoms. The Bertz CT molecular complexity index is 194. The third-order valence-corrected chi connectivity index (χ3v) is 3.92. The molecule has 0 saturated heterocycles. The number of carbonyl (C=O) groups is 2. The Morgan fingerprint density at radius 2 is 2.00 bits per heavy atom. The molecule has 0 radical (unpaired) electrons. The summed E-state index contributed by atoms with van der Waals surface area (Å²) in [6.07, 6.45) is 2.28. The molecule has 0 aliphatic carbocycles. The molecule has 0 aliphatic heterocycles. The summed E-state index contributed by atoms with van der Waals surface area (Å²) >= 11 is 5.81. The number of hydrogen-bond acceptors (Lipinski definition) is 2. The van der Waals surface area contributed by atoms with Crippen LogP contribution < -0.4 is 0 Å². The Hall–Kier alpha value is 0.1000. The summed E-state index contributed by atoms with van der Waals surface area (Å²) < 4.78 is -0.309. The van der Waals surface area contributed by atoms with Gasteiger partial charge in [-0.15, -0.1) is 0 Å². The van der Waals surface area contributed by atoms with Crippen LogP contribution in [0.25, 0.3) is 0 Å². The third-order valence-electron chi connectivity index (χ3n) is 1.76. The first-order valence-corrected chi connectivity index (χ1v) is 5.77. The van der Waals surface area contributed by atoms with Crippen LogP contribution in [-0.4, -0.2) is 20.6 Å². The fourth-order valence-electron chi connectivity index (χ4n) is 0.977. The van der Waals surface area contributed by atoms with Gasteiger partial charge in [-0.25, -0.2) is 0 Å². The summed E-state index contributed by atoms with van der Waals surface area (Å²) in [5, 5.41) is 8.82. The van der Waals surface area contributed by atoms with E-state index in [4.69, 9.17) is 5.11 Å². The van der Waals surface area contributed by atoms with Crippen LogP contribution >= 0.6 is 31.9 Å². The first kappa shape index (κ1) is 13.1. The number of aliphatic carboxylic acids is 1. The van der Waals surface area contributed by atoms with Crippen LogP contribution in [0.5, 0.6) is 0 Å². The summed E-state index contributed by atoms with van der Waals surface area (Å²) in [7, 11) is 0. The van der Waals surface area contributed by atoms with Crippen molar-refractivity contribution < 1.29 is 14.7 Å². The van der Waals surface area contributed by atoms with Crippen LogP contribution in [0.3, 0.4) is 0 Å². The van der Waals surface area contributed by atoms with Crippen LogP contribution in [0.1, 0.15) is 26.2 Å². The van der Waals surface area contributed by atoms with E-state index in [1.54, 1.807) is 0 Å². The minimum absolute atomic E-state index is 0.309. The second-order valence-electron chi connectivity index (χ2n) is 2.79. The highest BCUT2D eigenvalue weighted by Gasteiger charge is 2.29. The van der Waals surface area contributed by atoms with E-state index in [0.717, 1.165) is 12.8 Å². The first-order valence-electron chi connectivity index (χ1n) is 4.07. The van der Waals surface area contributed by atoms with Gasteiger partial charge in [0.1, 0.15) is 0 Å². The van der Waals surface area contributed by atoms with Gasteiger partial charge in [0.25, 0.3) is 0 Å². The molecule has 3 nitrogen and oxygen atoms in total. The normalized spacial score (nSPS) is 15.0. The number of hydrogen-bond donors (Lipinski definition) is 1. The van der Waals surface area contributed by atoms with Crippen molar-refractivity contribution in [1.29, 1.82) is 0 Å². The van der Waals surface area contributed by atoms with E-state index in [1.165, 1.54) is 0 Å². The number of halogens is 2. The number of rotatable bonds is 6. The van der Waals surface area contributed by atoms with Crippen molar-refractivity contribution in [2.45, 2.75) is 31.0 Å². The lowest BCUT2D eigenvalue weighted by atomic mass is 9.99. The van der Waals surface area contributed by atoms with Crippen molar-refractivity contribution in [2.24, 2.45) is 5.92 Å². The molecule has 0 aliphatic rings. The highest BCUT2D eigenvalue weighted by atomic mass is 79.9. The lowest BCUT2D eigenvalue weighted by Gasteiger charge is -2.14. The quantitative estimate of drug-likeness (QED) is 0.605. The van der Waals surface area contributed by atoms with E-state index in [2.05, 4.69) is 31.9 Å². The molecule has 13 heavy (non-hydrogen) atoms. The number of unbranched alkanes of at least 4 members (excludes halogenated alkanes) is 1. The van der Waals surface area contributed by atoms with E-state index < -0.39 is 16.7 Å². The maximum atomic E-state index is 10.9. The molecule has 5 heteroatoms. The fourth-order valence-corrected chi connectivity index (χ4v) is 1.79. The molecular formula is C8H12Br2O3. The maximum absolute atomic E-state index is 10.9. The predicted molar refractivity (Wildman–Crippen MR) is 57.3 cm³/mol. The molecule has 1 N–H and O–H groups in total. The zero-order chi connectivity index (χ0) is 10.4. The van der Waals surface area contributed by atoms with Gasteiger partial charge in [-0.2, -0.15) is 0 Å². The van der Waals surface area contributed by atoms with E-state index in [1.807, 2.05) is 6.92 Å². The van der Waals surface area contributed by atoms with Gasteiger partial charge in [-0.1, -0.05) is 35.7 Å². The zero-order valence-corrected chi connectivity index (χ0v) is 10.5. The van der Waals surface area contributed by atoms with Gasteiger partial charge in [0, 0.05) is 0 Å². The highest BCUT2D eigenvalue weighted by molar-refractivity contribution is 9.20. The Kier molecular flexibility index (Phi) is 6.59. The molecule has 2 atom stereocenters. The summed E-state index contributed by atoms with van der Waals surface area (Å²) in [6, 6.07) is 0. The van der Waals surface area contributed by atoms with Gasteiger partial charge in [-0.05, 0) is 22.4 Å². The van der Waals surface area contributed by atoms with Crippen LogP contribution in [0.15, 0.2) is 0 Å². The number of carboxylic acids is 1. The molecule has 0 aromatic heterocycles. The molecule has 2 unspecified atom stereocenters. The van der Waals surface area contributed by atoms with Crippen molar-refractivity contribution in [2.75, 3.05) is 0 Å². The minimum atomic E-state index is -0.928. The molecule has 0 saturated carbocycles. The largest absolute Gasteiger partial charge is 0.481 e. The number of carboxylic acid groups (broad SMARTS) is 1. The molecule has 0 aromatic rings. The standard InChI is InChI=1S/C8H12Br2O3/c1-2-3-4-5(8(12)13)6(9)7(10)11/h5-6H,2-4H2,1H3,(H,12,13). The van der Waals surface area contributed by atoms with Gasteiger partial charge >= 0.3 is 5.97 Å². The molecular weight excluding hydrogens is 304 g/mol. The van der Waals surface area contributed by atoms with Crippen molar-refractivity contribution in [1.82, 2.24) is 0 Å². The van der Waals surface area contributed by atoms with Crippen LogP contribution in [0, 0.1) is 5.92 Å². The molecule has 0 aromatic carbocycles. The molecule has 0 spiro atoms. The minimum Gasteiger partial charge on any atom is -0.481 e. The number of alkyl halides is 1. The first-order chi connectivity index (χ1) is 6.00. The van der Waals surface area contributed by atoms with Crippen molar-refractivity contribution >= 4 is 42.5 Å². The van der Waals surface area contributed by atoms with E-state index in [9.17, 15) is 9.59 Å². The molecule has 76 valence electrons. The third kappa shape index (κ3) is 4.76. The van der Waals surface area contributed by atoms with Gasteiger partial charge in [0.15, 0.2) is 0 Å². The fraction of sp³-hybridized carbons (Fsp3) is 0.750. The van der Waals surface area contributed by atoms with Crippen LogP contribution in [-0.2, 0) is 9.59 Å². The maximum Gasteiger partial charge on any atom is 0.308 e. The smallest absolute Gasteiger partial charge is 0.308 e.